The molecule has 0 heterocycles. The molecule has 0 fully saturated rings. The fraction of sp³-hybridized carbons (Fsp3) is 0.143. The summed E-state index contributed by atoms with van der Waals surface area (Å²) in [5.74, 6) is -0.391. The lowest BCUT2D eigenvalue weighted by Crippen LogP contribution is -1.75. The van der Waals surface area contributed by atoms with E-state index in [9.17, 15) is 4.39 Å². The minimum Gasteiger partial charge on any atom is -0.207 e. The lowest BCUT2D eigenvalue weighted by molar-refractivity contribution is 0.627. The number of benzene rings is 1. The highest BCUT2D eigenvalue weighted by molar-refractivity contribution is 5.44. The zero-order valence-electron chi connectivity index (χ0n) is 5.95. The van der Waals surface area contributed by atoms with Gasteiger partial charge in [0.1, 0.15) is 5.82 Å². The smallest absolute Gasteiger partial charge is 0.123 e. The van der Waals surface area contributed by atoms with E-state index in [1.54, 1.807) is 13.0 Å². The molecular formula is C7H6FN3. The first-order valence-corrected chi connectivity index (χ1v) is 3.05. The fourth-order valence-electron chi connectivity index (χ4n) is 0.738. The van der Waals surface area contributed by atoms with E-state index in [0.29, 0.717) is 5.69 Å². The molecule has 0 saturated heterocycles. The third-order valence-electron chi connectivity index (χ3n) is 1.32. The van der Waals surface area contributed by atoms with Gasteiger partial charge in [-0.25, -0.2) is 4.39 Å². The van der Waals surface area contributed by atoms with Crippen LogP contribution in [0, 0.1) is 12.7 Å². The Morgan fingerprint density at radius 3 is 2.91 bits per heavy atom. The average Bonchev–Trinajstić information content (AvgIpc) is 1.98. The zero-order chi connectivity index (χ0) is 8.27. The van der Waals surface area contributed by atoms with Gasteiger partial charge in [-0.15, -0.1) is 0 Å². The maximum absolute atomic E-state index is 12.5. The standard InChI is InChI=1S/C7H6FN3/c1-5-2-3-6(8)4-7(5)10-11-9/h2-4H,1H3. The molecule has 0 aliphatic rings. The molecule has 0 aromatic heterocycles. The Bertz CT molecular complexity index is 315. The number of nitrogens with zero attached hydrogens (tertiary/aromatic N) is 3. The molecule has 1 rings (SSSR count). The largest absolute Gasteiger partial charge is 0.207 e. The molecule has 1 aromatic carbocycles. The van der Waals surface area contributed by atoms with E-state index < -0.39 is 5.82 Å². The summed E-state index contributed by atoms with van der Waals surface area (Å²) in [5, 5.41) is 3.31. The number of hydrogen-bond donors (Lipinski definition) is 0. The Balaban J connectivity index is 3.22. The molecule has 0 radical (unpaired) electrons. The van der Waals surface area contributed by atoms with E-state index >= 15 is 0 Å². The van der Waals surface area contributed by atoms with Crippen LogP contribution in [0.25, 0.3) is 10.4 Å². The molecule has 0 spiro atoms. The molecule has 4 heteroatoms. The van der Waals surface area contributed by atoms with Crippen molar-refractivity contribution in [2.24, 2.45) is 5.11 Å². The summed E-state index contributed by atoms with van der Waals surface area (Å²) >= 11 is 0. The van der Waals surface area contributed by atoms with Gasteiger partial charge in [0.05, 0.1) is 0 Å². The molecule has 11 heavy (non-hydrogen) atoms. The van der Waals surface area contributed by atoms with Gasteiger partial charge < -0.3 is 0 Å². The molecular weight excluding hydrogens is 145 g/mol. The predicted molar refractivity (Wildman–Crippen MR) is 39.9 cm³/mol. The van der Waals surface area contributed by atoms with Gasteiger partial charge in [0.2, 0.25) is 0 Å². The van der Waals surface area contributed by atoms with Gasteiger partial charge in [-0.1, -0.05) is 11.2 Å². The van der Waals surface area contributed by atoms with Crippen LogP contribution in [0.2, 0.25) is 0 Å². The van der Waals surface area contributed by atoms with E-state index in [0.717, 1.165) is 5.56 Å². The monoisotopic (exact) mass is 151 g/mol. The average molecular weight is 151 g/mol. The van der Waals surface area contributed by atoms with Crippen LogP contribution in [0.15, 0.2) is 23.3 Å². The van der Waals surface area contributed by atoms with Gasteiger partial charge in [-0.2, -0.15) is 0 Å². The molecule has 0 aliphatic carbocycles. The van der Waals surface area contributed by atoms with E-state index in [1.807, 2.05) is 0 Å². The second kappa shape index (κ2) is 3.03. The minimum atomic E-state index is -0.391. The maximum Gasteiger partial charge on any atom is 0.123 e. The number of hydrogen-bond acceptors (Lipinski definition) is 1. The lowest BCUT2D eigenvalue weighted by atomic mass is 10.2. The molecule has 56 valence electrons. The molecule has 0 N–H and O–H groups in total. The fourth-order valence-corrected chi connectivity index (χ4v) is 0.738. The number of rotatable bonds is 1. The number of halogens is 1. The Hall–Kier alpha value is -1.54. The van der Waals surface area contributed by atoms with Gasteiger partial charge >= 0.3 is 0 Å². The Kier molecular flexibility index (Phi) is 2.09. The molecule has 0 aliphatic heterocycles. The van der Waals surface area contributed by atoms with Crippen molar-refractivity contribution in [2.45, 2.75) is 6.92 Å². The molecule has 0 saturated carbocycles. The number of aryl methyl sites for hydroxylation is 1. The quantitative estimate of drug-likeness (QED) is 0.336. The molecule has 1 aromatic rings. The summed E-state index contributed by atoms with van der Waals surface area (Å²) in [6, 6.07) is 4.10. The molecule has 3 nitrogen and oxygen atoms in total. The number of azide groups is 1. The second-order valence-electron chi connectivity index (χ2n) is 2.12. The third-order valence-corrected chi connectivity index (χ3v) is 1.32. The summed E-state index contributed by atoms with van der Waals surface area (Å²) in [5.41, 5.74) is 9.18. The van der Waals surface area contributed by atoms with Gasteiger partial charge in [-0.3, -0.25) is 0 Å². The van der Waals surface area contributed by atoms with Gasteiger partial charge in [-0.05, 0) is 30.2 Å². The Labute approximate surface area is 63.1 Å². The second-order valence-corrected chi connectivity index (χ2v) is 2.12. The van der Waals surface area contributed by atoms with Crippen molar-refractivity contribution >= 4 is 5.69 Å². The predicted octanol–water partition coefficient (Wildman–Crippen LogP) is 3.08. The summed E-state index contributed by atoms with van der Waals surface area (Å²) in [4.78, 5) is 2.57. The molecule has 0 amide bonds. The minimum absolute atomic E-state index is 0.340. The van der Waals surface area contributed by atoms with Gasteiger partial charge in [0, 0.05) is 10.6 Å². The maximum atomic E-state index is 12.5. The van der Waals surface area contributed by atoms with Gasteiger partial charge in [0.25, 0.3) is 0 Å². The highest BCUT2D eigenvalue weighted by Gasteiger charge is 1.95. The topological polar surface area (TPSA) is 48.8 Å². The Morgan fingerprint density at radius 2 is 2.27 bits per heavy atom. The van der Waals surface area contributed by atoms with Crippen molar-refractivity contribution in [1.29, 1.82) is 0 Å². The summed E-state index contributed by atoms with van der Waals surface area (Å²) in [6.07, 6.45) is 0. The van der Waals surface area contributed by atoms with E-state index in [1.165, 1.54) is 12.1 Å². The van der Waals surface area contributed by atoms with Crippen LogP contribution in [-0.2, 0) is 0 Å². The van der Waals surface area contributed by atoms with Crippen molar-refractivity contribution in [2.75, 3.05) is 0 Å². The van der Waals surface area contributed by atoms with Crippen molar-refractivity contribution in [3.05, 3.63) is 40.0 Å². The summed E-state index contributed by atoms with van der Waals surface area (Å²) in [6.45, 7) is 1.75. The van der Waals surface area contributed by atoms with Crippen LogP contribution in [-0.4, -0.2) is 0 Å². The first-order valence-electron chi connectivity index (χ1n) is 3.05. The van der Waals surface area contributed by atoms with Crippen molar-refractivity contribution in [1.82, 2.24) is 0 Å². The normalized spacial score (nSPS) is 8.91. The molecule has 0 unspecified atom stereocenters. The van der Waals surface area contributed by atoms with Crippen LogP contribution in [0.4, 0.5) is 10.1 Å². The lowest BCUT2D eigenvalue weighted by Gasteiger charge is -1.96. The van der Waals surface area contributed by atoms with Crippen molar-refractivity contribution in [3.63, 3.8) is 0 Å². The van der Waals surface area contributed by atoms with E-state index in [-0.39, 0.29) is 0 Å². The van der Waals surface area contributed by atoms with Crippen LogP contribution in [0.3, 0.4) is 0 Å². The molecule has 0 bridgehead atoms. The van der Waals surface area contributed by atoms with Crippen molar-refractivity contribution in [3.8, 4) is 0 Å². The van der Waals surface area contributed by atoms with E-state index in [4.69, 9.17) is 5.53 Å². The Morgan fingerprint density at radius 1 is 1.55 bits per heavy atom. The highest BCUT2D eigenvalue weighted by atomic mass is 19.1. The zero-order valence-corrected chi connectivity index (χ0v) is 5.95. The highest BCUT2D eigenvalue weighted by Crippen LogP contribution is 2.18. The van der Waals surface area contributed by atoms with Crippen LogP contribution in [0.5, 0.6) is 0 Å². The van der Waals surface area contributed by atoms with Crippen molar-refractivity contribution < 1.29 is 4.39 Å². The third kappa shape index (κ3) is 1.69. The first kappa shape index (κ1) is 7.57. The van der Waals surface area contributed by atoms with Crippen LogP contribution < -0.4 is 0 Å². The first-order chi connectivity index (χ1) is 5.24. The SMILES string of the molecule is Cc1ccc(F)cc1N=[N+]=[N-]. The van der Waals surface area contributed by atoms with Crippen LogP contribution in [0.1, 0.15) is 5.56 Å². The summed E-state index contributed by atoms with van der Waals surface area (Å²) < 4.78 is 12.5. The van der Waals surface area contributed by atoms with Gasteiger partial charge in [0.15, 0.2) is 0 Å². The summed E-state index contributed by atoms with van der Waals surface area (Å²) in [7, 11) is 0. The van der Waals surface area contributed by atoms with Crippen LogP contribution >= 0.6 is 0 Å². The van der Waals surface area contributed by atoms with E-state index in [2.05, 4.69) is 10.0 Å². The molecule has 0 atom stereocenters.